The molecule has 1 saturated heterocycles. The molecule has 1 atom stereocenters. The topological polar surface area (TPSA) is 67.6 Å². The van der Waals surface area contributed by atoms with E-state index in [9.17, 15) is 4.79 Å². The first-order chi connectivity index (χ1) is 11.2. The first-order valence-corrected chi connectivity index (χ1v) is 7.81. The maximum Gasteiger partial charge on any atom is 0.321 e. The van der Waals surface area contributed by atoms with Crippen molar-refractivity contribution in [2.75, 3.05) is 25.0 Å². The van der Waals surface area contributed by atoms with Crippen molar-refractivity contribution in [1.82, 2.24) is 10.1 Å². The maximum atomic E-state index is 12.2. The fourth-order valence-electron chi connectivity index (χ4n) is 2.68. The predicted molar refractivity (Wildman–Crippen MR) is 86.0 cm³/mol. The van der Waals surface area contributed by atoms with E-state index in [1.807, 2.05) is 23.1 Å². The van der Waals surface area contributed by atoms with E-state index in [-0.39, 0.29) is 6.03 Å². The number of hydrogen-bond acceptors (Lipinski definition) is 4. The summed E-state index contributed by atoms with van der Waals surface area (Å²) in [5.74, 6) is 0.382. The van der Waals surface area contributed by atoms with Gasteiger partial charge in [0, 0.05) is 19.0 Å². The summed E-state index contributed by atoms with van der Waals surface area (Å²) in [5, 5.41) is 6.58. The smallest absolute Gasteiger partial charge is 0.321 e. The molecule has 2 amide bonds. The zero-order valence-electron chi connectivity index (χ0n) is 13.2. The number of urea groups is 1. The van der Waals surface area contributed by atoms with E-state index >= 15 is 0 Å². The first kappa shape index (κ1) is 15.6. The van der Waals surface area contributed by atoms with Crippen molar-refractivity contribution < 1.29 is 14.1 Å². The summed E-state index contributed by atoms with van der Waals surface area (Å²) >= 11 is 0. The van der Waals surface area contributed by atoms with E-state index in [1.54, 1.807) is 6.92 Å². The molecule has 0 saturated carbocycles. The average molecular weight is 315 g/mol. The number of ether oxygens (including phenoxy) is 1. The van der Waals surface area contributed by atoms with Gasteiger partial charge in [0.05, 0.1) is 13.2 Å². The number of hydrogen-bond donors (Lipinski definition) is 1. The van der Waals surface area contributed by atoms with E-state index < -0.39 is 0 Å². The second-order valence-electron chi connectivity index (χ2n) is 5.85. The molecule has 1 aromatic carbocycles. The number of aromatic nitrogens is 1. The van der Waals surface area contributed by atoms with Crippen LogP contribution in [0.3, 0.4) is 0 Å². The molecule has 0 bridgehead atoms. The van der Waals surface area contributed by atoms with Gasteiger partial charge in [0.1, 0.15) is 17.6 Å². The van der Waals surface area contributed by atoms with Crippen LogP contribution in [0.25, 0.3) is 0 Å². The van der Waals surface area contributed by atoms with E-state index in [1.165, 1.54) is 11.8 Å². The number of amides is 2. The summed E-state index contributed by atoms with van der Waals surface area (Å²) in [6, 6.07) is 10.0. The van der Waals surface area contributed by atoms with Gasteiger partial charge >= 0.3 is 6.03 Å². The zero-order chi connectivity index (χ0) is 16.1. The Hall–Kier alpha value is -2.34. The van der Waals surface area contributed by atoms with Crippen LogP contribution in [0.15, 0.2) is 41.1 Å². The number of nitrogens with zero attached hydrogens (tertiary/aromatic N) is 2. The zero-order valence-corrected chi connectivity index (χ0v) is 13.2. The van der Waals surface area contributed by atoms with Crippen molar-refractivity contribution in [2.24, 2.45) is 5.92 Å². The summed E-state index contributed by atoms with van der Waals surface area (Å²) < 4.78 is 10.6. The van der Waals surface area contributed by atoms with Crippen LogP contribution in [-0.2, 0) is 11.3 Å². The molecular formula is C17H21N3O3. The molecule has 2 aromatic rings. The second kappa shape index (κ2) is 7.28. The Kier molecular flexibility index (Phi) is 4.92. The maximum absolute atomic E-state index is 12.2. The minimum atomic E-state index is -0.109. The lowest BCUT2D eigenvalue weighted by molar-refractivity contribution is 0.0900. The number of carbonyl (C=O) groups excluding carboxylic acids is 1. The van der Waals surface area contributed by atoms with Crippen LogP contribution in [0, 0.1) is 12.8 Å². The first-order valence-electron chi connectivity index (χ1n) is 7.81. The van der Waals surface area contributed by atoms with Crippen molar-refractivity contribution in [1.29, 1.82) is 0 Å². The van der Waals surface area contributed by atoms with Gasteiger partial charge in [0.15, 0.2) is 0 Å². The number of carbonyl (C=O) groups is 1. The molecule has 2 heterocycles. The largest absolute Gasteiger partial charge is 0.376 e. The summed E-state index contributed by atoms with van der Waals surface area (Å²) in [6.07, 6.45) is 2.41. The number of aryl methyl sites for hydroxylation is 1. The van der Waals surface area contributed by atoms with E-state index in [0.717, 1.165) is 13.0 Å². The van der Waals surface area contributed by atoms with Crippen molar-refractivity contribution >= 4 is 11.7 Å². The molecule has 23 heavy (non-hydrogen) atoms. The molecule has 0 radical (unpaired) electrons. The molecule has 0 aliphatic carbocycles. The lowest BCUT2D eigenvalue weighted by Crippen LogP contribution is -2.33. The molecule has 6 nitrogen and oxygen atoms in total. The summed E-state index contributed by atoms with van der Waals surface area (Å²) in [7, 11) is 0. The Morgan fingerprint density at radius 3 is 3.00 bits per heavy atom. The highest BCUT2D eigenvalue weighted by Gasteiger charge is 2.26. The van der Waals surface area contributed by atoms with Gasteiger partial charge in [-0.1, -0.05) is 35.5 Å². The Balaban J connectivity index is 1.41. The third kappa shape index (κ3) is 4.10. The van der Waals surface area contributed by atoms with Crippen LogP contribution in [0.1, 0.15) is 17.7 Å². The van der Waals surface area contributed by atoms with Gasteiger partial charge in [0.25, 0.3) is 0 Å². The number of likely N-dealkylation sites (tertiary alicyclic amines) is 1. The van der Waals surface area contributed by atoms with E-state index in [2.05, 4.69) is 22.6 Å². The van der Waals surface area contributed by atoms with Crippen LogP contribution in [0.5, 0.6) is 0 Å². The molecule has 1 N–H and O–H groups in total. The minimum absolute atomic E-state index is 0.109. The Bertz CT molecular complexity index is 642. The molecule has 0 spiro atoms. The van der Waals surface area contributed by atoms with Crippen LogP contribution in [-0.4, -0.2) is 35.8 Å². The number of anilines is 1. The Morgan fingerprint density at radius 2 is 2.26 bits per heavy atom. The molecule has 122 valence electrons. The van der Waals surface area contributed by atoms with Gasteiger partial charge in [-0.25, -0.2) is 4.79 Å². The lowest BCUT2D eigenvalue weighted by atomic mass is 10.1. The molecule has 1 aliphatic rings. The minimum Gasteiger partial charge on any atom is -0.376 e. The second-order valence-corrected chi connectivity index (χ2v) is 5.85. The highest BCUT2D eigenvalue weighted by Crippen LogP contribution is 2.19. The van der Waals surface area contributed by atoms with Gasteiger partial charge < -0.3 is 19.5 Å². The molecule has 1 unspecified atom stereocenters. The van der Waals surface area contributed by atoms with Gasteiger partial charge in [-0.05, 0) is 18.9 Å². The Morgan fingerprint density at radius 1 is 1.43 bits per heavy atom. The molecule has 1 aliphatic heterocycles. The fraction of sp³-hybridized carbons (Fsp3) is 0.412. The standard InChI is InChI=1S/C17H21N3O3/c1-13-16(12-23-19-13)18-17(21)20-8-7-15(9-20)11-22-10-14-5-3-2-4-6-14/h2-6,12,15H,7-11H2,1H3,(H,18,21). The average Bonchev–Trinajstić information content (AvgIpc) is 3.18. The number of nitrogens with one attached hydrogen (secondary N) is 1. The predicted octanol–water partition coefficient (Wildman–Crippen LogP) is 3.05. The van der Waals surface area contributed by atoms with Crippen molar-refractivity contribution in [2.45, 2.75) is 20.0 Å². The fourth-order valence-corrected chi connectivity index (χ4v) is 2.68. The normalized spacial score (nSPS) is 17.4. The lowest BCUT2D eigenvalue weighted by Gasteiger charge is -2.17. The quantitative estimate of drug-likeness (QED) is 0.921. The van der Waals surface area contributed by atoms with E-state index in [4.69, 9.17) is 9.26 Å². The van der Waals surface area contributed by atoms with E-state index in [0.29, 0.717) is 37.1 Å². The van der Waals surface area contributed by atoms with Gasteiger partial charge in [-0.2, -0.15) is 0 Å². The highest BCUT2D eigenvalue weighted by molar-refractivity contribution is 5.89. The monoisotopic (exact) mass is 315 g/mol. The SMILES string of the molecule is Cc1nocc1NC(=O)N1CCC(COCc2ccccc2)C1. The van der Waals surface area contributed by atoms with Gasteiger partial charge in [-0.15, -0.1) is 0 Å². The highest BCUT2D eigenvalue weighted by atomic mass is 16.5. The third-order valence-electron chi connectivity index (χ3n) is 4.03. The van der Waals surface area contributed by atoms with Gasteiger partial charge in [-0.3, -0.25) is 0 Å². The molecule has 6 heteroatoms. The summed E-state index contributed by atoms with van der Waals surface area (Å²) in [4.78, 5) is 14.0. The molecule has 1 fully saturated rings. The summed E-state index contributed by atoms with van der Waals surface area (Å²) in [5.41, 5.74) is 2.47. The third-order valence-corrected chi connectivity index (χ3v) is 4.03. The molecule has 1 aromatic heterocycles. The van der Waals surface area contributed by atoms with Crippen LogP contribution < -0.4 is 5.32 Å². The molecule has 3 rings (SSSR count). The summed E-state index contributed by atoms with van der Waals surface area (Å²) in [6.45, 7) is 4.54. The number of benzene rings is 1. The van der Waals surface area contributed by atoms with Crippen molar-refractivity contribution in [3.05, 3.63) is 47.9 Å². The van der Waals surface area contributed by atoms with Crippen LogP contribution >= 0.6 is 0 Å². The molecular weight excluding hydrogens is 294 g/mol. The Labute approximate surface area is 135 Å². The van der Waals surface area contributed by atoms with Crippen LogP contribution in [0.2, 0.25) is 0 Å². The van der Waals surface area contributed by atoms with Crippen LogP contribution in [0.4, 0.5) is 10.5 Å². The van der Waals surface area contributed by atoms with Crippen molar-refractivity contribution in [3.8, 4) is 0 Å². The van der Waals surface area contributed by atoms with Crippen molar-refractivity contribution in [3.63, 3.8) is 0 Å². The van der Waals surface area contributed by atoms with Gasteiger partial charge in [0.2, 0.25) is 0 Å². The number of rotatable bonds is 5.